The van der Waals surface area contributed by atoms with E-state index in [-0.39, 0.29) is 0 Å². The third kappa shape index (κ3) is 5.15. The molecule has 0 aromatic carbocycles. The molecule has 0 atom stereocenters. The lowest BCUT2D eigenvalue weighted by Crippen LogP contribution is -1.96. The average Bonchev–Trinajstić information content (AvgIpc) is 2.73. The molecule has 1 aromatic rings. The van der Waals surface area contributed by atoms with Crippen LogP contribution in [0.3, 0.4) is 0 Å². The minimum Gasteiger partial charge on any atom is -0.477 e. The number of halogens is 3. The van der Waals surface area contributed by atoms with Gasteiger partial charge >= 0.3 is 5.97 Å². The highest BCUT2D eigenvalue weighted by molar-refractivity contribution is 5.87. The molecule has 1 heterocycles. The predicted octanol–water partition coefficient (Wildman–Crippen LogP) is 2.86. The summed E-state index contributed by atoms with van der Waals surface area (Å²) in [6.45, 7) is 3.81. The number of hydrogen-bond acceptors (Lipinski definition) is 2. The molecule has 0 saturated heterocycles. The van der Waals surface area contributed by atoms with Crippen molar-refractivity contribution in [3.63, 3.8) is 0 Å². The van der Waals surface area contributed by atoms with Crippen molar-refractivity contribution in [3.8, 4) is 0 Å². The third-order valence-corrected chi connectivity index (χ3v) is 1.73. The Bertz CT molecular complexity index is 453. The molecular weight excluding hydrogens is 249 g/mol. The van der Waals surface area contributed by atoms with Gasteiger partial charge in [0.1, 0.15) is 5.56 Å². The zero-order chi connectivity index (χ0) is 14.0. The van der Waals surface area contributed by atoms with Crippen LogP contribution < -0.4 is 0 Å². The first-order valence-electron chi connectivity index (χ1n) is 4.70. The van der Waals surface area contributed by atoms with Crippen LogP contribution in [0.15, 0.2) is 43.2 Å². The van der Waals surface area contributed by atoms with Crippen LogP contribution in [0.25, 0.3) is 0 Å². The van der Waals surface area contributed by atoms with Crippen molar-refractivity contribution in [2.75, 3.05) is 0 Å². The number of nitrogens with zero attached hydrogens (tertiary/aromatic N) is 2. The molecular formula is C11H11F3N2O2. The molecule has 0 bridgehead atoms. The Hall–Kier alpha value is -2.31. The van der Waals surface area contributed by atoms with Crippen LogP contribution in [0.4, 0.5) is 13.5 Å². The van der Waals surface area contributed by atoms with Crippen LogP contribution in [0.1, 0.15) is 10.4 Å². The monoisotopic (exact) mass is 260 g/mol. The summed E-state index contributed by atoms with van der Waals surface area (Å²) in [5.41, 5.74) is -0.421. The Labute approximate surface area is 101 Å². The third-order valence-electron chi connectivity index (χ3n) is 1.73. The quantitative estimate of drug-likeness (QED) is 0.828. The molecule has 0 aliphatic carbocycles. The van der Waals surface area contributed by atoms with E-state index in [1.54, 1.807) is 30.4 Å². The maximum Gasteiger partial charge on any atom is 0.342 e. The minimum absolute atomic E-state index is 0.311. The number of rotatable bonds is 5. The van der Waals surface area contributed by atoms with Gasteiger partial charge in [0.25, 0.3) is 0 Å². The van der Waals surface area contributed by atoms with Gasteiger partial charge in [-0.05, 0) is 0 Å². The summed E-state index contributed by atoms with van der Waals surface area (Å²) in [6, 6.07) is 0. The van der Waals surface area contributed by atoms with Crippen LogP contribution in [-0.2, 0) is 6.54 Å². The predicted molar refractivity (Wildman–Crippen MR) is 59.8 cm³/mol. The van der Waals surface area contributed by atoms with Crippen molar-refractivity contribution in [1.82, 2.24) is 9.78 Å². The molecule has 18 heavy (non-hydrogen) atoms. The number of aromatic carboxylic acids is 1. The van der Waals surface area contributed by atoms with E-state index in [2.05, 4.69) is 11.7 Å². The van der Waals surface area contributed by atoms with Crippen LogP contribution >= 0.6 is 0 Å². The Morgan fingerprint density at radius 1 is 1.44 bits per heavy atom. The molecule has 0 aliphatic heterocycles. The molecule has 0 fully saturated rings. The number of allylic oxidation sites excluding steroid dienone is 5. The van der Waals surface area contributed by atoms with Crippen molar-refractivity contribution >= 4 is 5.97 Å². The summed E-state index contributed by atoms with van der Waals surface area (Å²) in [5.74, 6) is -2.29. The maximum atomic E-state index is 12.9. The molecule has 0 saturated carbocycles. The summed E-state index contributed by atoms with van der Waals surface area (Å²) in [7, 11) is 0. The molecule has 0 unspecified atom stereocenters. The van der Waals surface area contributed by atoms with Crippen LogP contribution in [0.5, 0.6) is 0 Å². The Balaban J connectivity index is 0.00000137. The van der Waals surface area contributed by atoms with Crippen molar-refractivity contribution in [1.29, 1.82) is 0 Å². The number of hydrogen-bond donors (Lipinski definition) is 1. The summed E-state index contributed by atoms with van der Waals surface area (Å²) in [4.78, 5) is 10.5. The van der Waals surface area contributed by atoms with E-state index in [4.69, 9.17) is 14.3 Å². The van der Waals surface area contributed by atoms with E-state index in [9.17, 15) is 9.18 Å². The van der Waals surface area contributed by atoms with Gasteiger partial charge in [0.15, 0.2) is 0 Å². The van der Waals surface area contributed by atoms with Crippen LogP contribution in [0, 0.1) is 5.95 Å². The molecule has 0 spiro atoms. The highest BCUT2D eigenvalue weighted by Gasteiger charge is 2.14. The first-order valence-corrected chi connectivity index (χ1v) is 4.70. The molecule has 0 radical (unpaired) electrons. The zero-order valence-corrected chi connectivity index (χ0v) is 9.26. The minimum atomic E-state index is -1.32. The fraction of sp³-hybridized carbons (Fsp3) is 0.0909. The lowest BCUT2D eigenvalue weighted by atomic mass is 10.4. The molecule has 1 rings (SSSR count). The van der Waals surface area contributed by atoms with E-state index < -0.39 is 17.5 Å². The highest BCUT2D eigenvalue weighted by Crippen LogP contribution is 2.04. The van der Waals surface area contributed by atoms with Crippen LogP contribution in [0.2, 0.25) is 0 Å². The van der Waals surface area contributed by atoms with E-state index in [1.807, 2.05) is 0 Å². The molecule has 1 aromatic heterocycles. The number of carbonyl (C=O) groups is 1. The van der Waals surface area contributed by atoms with Crippen molar-refractivity contribution in [2.24, 2.45) is 0 Å². The fourth-order valence-electron chi connectivity index (χ4n) is 1.02. The average molecular weight is 260 g/mol. The van der Waals surface area contributed by atoms with E-state index in [0.29, 0.717) is 6.54 Å². The normalized spacial score (nSPS) is 10.4. The van der Waals surface area contributed by atoms with Gasteiger partial charge in [0.2, 0.25) is 5.95 Å². The second-order valence-corrected chi connectivity index (χ2v) is 2.91. The number of carboxylic acid groups (broad SMARTS) is 1. The van der Waals surface area contributed by atoms with Crippen molar-refractivity contribution < 1.29 is 23.4 Å². The van der Waals surface area contributed by atoms with Gasteiger partial charge in [-0.2, -0.15) is 4.39 Å². The van der Waals surface area contributed by atoms with Gasteiger partial charge in [-0.3, -0.25) is 4.68 Å². The van der Waals surface area contributed by atoms with Gasteiger partial charge in [-0.25, -0.2) is 4.79 Å². The highest BCUT2D eigenvalue weighted by atomic mass is 20.0. The Morgan fingerprint density at radius 2 is 2.11 bits per heavy atom. The first kappa shape index (κ1) is 15.7. The molecule has 4 nitrogen and oxygen atoms in total. The zero-order valence-electron chi connectivity index (χ0n) is 9.26. The molecule has 1 N–H and O–H groups in total. The van der Waals surface area contributed by atoms with Crippen molar-refractivity contribution in [2.45, 2.75) is 6.54 Å². The SMILES string of the molecule is C=C/C=C\C=C/Cn1cc(C(=O)O)c(F)n1.FF. The summed E-state index contributed by atoms with van der Waals surface area (Å²) in [6.07, 6.45) is 9.73. The lowest BCUT2D eigenvalue weighted by Gasteiger charge is -1.91. The van der Waals surface area contributed by atoms with Gasteiger partial charge < -0.3 is 5.11 Å². The molecule has 0 aliphatic rings. The largest absolute Gasteiger partial charge is 0.477 e. The molecule has 0 amide bonds. The summed E-state index contributed by atoms with van der Waals surface area (Å²) in [5, 5.41) is 12.0. The fourth-order valence-corrected chi connectivity index (χ4v) is 1.02. The smallest absolute Gasteiger partial charge is 0.342 e. The number of aromatic nitrogens is 2. The maximum absolute atomic E-state index is 12.9. The first-order chi connectivity index (χ1) is 8.65. The Morgan fingerprint density at radius 3 is 2.61 bits per heavy atom. The summed E-state index contributed by atoms with van der Waals surface area (Å²) < 4.78 is 30.1. The van der Waals surface area contributed by atoms with E-state index in [1.165, 1.54) is 4.68 Å². The van der Waals surface area contributed by atoms with Crippen molar-refractivity contribution in [3.05, 3.63) is 54.7 Å². The second kappa shape index (κ2) is 8.80. The van der Waals surface area contributed by atoms with Gasteiger partial charge in [0, 0.05) is 15.3 Å². The van der Waals surface area contributed by atoms with Gasteiger partial charge in [-0.1, -0.05) is 37.0 Å². The van der Waals surface area contributed by atoms with E-state index in [0.717, 1.165) is 6.20 Å². The van der Waals surface area contributed by atoms with Gasteiger partial charge in [-0.15, -0.1) is 5.10 Å². The van der Waals surface area contributed by atoms with E-state index >= 15 is 0 Å². The summed E-state index contributed by atoms with van der Waals surface area (Å²) >= 11 is 0. The van der Waals surface area contributed by atoms with Gasteiger partial charge in [0.05, 0.1) is 6.54 Å². The standard InChI is InChI=1S/C11H11FN2O2.F2/c1-2-3-4-5-6-7-14-8-9(11(15)16)10(12)13-14;1-2/h2-6,8H,1,7H2,(H,15,16);/b4-3-,6-5-;. The molecule has 98 valence electrons. The van der Waals surface area contributed by atoms with Crippen LogP contribution in [-0.4, -0.2) is 20.9 Å². The molecule has 7 heteroatoms. The lowest BCUT2D eigenvalue weighted by molar-refractivity contribution is 0.0692. The number of carboxylic acids is 1. The topological polar surface area (TPSA) is 55.1 Å². The second-order valence-electron chi connectivity index (χ2n) is 2.91. The Kier molecular flexibility index (Phi) is 7.67.